The Balaban J connectivity index is 1.66. The summed E-state index contributed by atoms with van der Waals surface area (Å²) in [4.78, 5) is 26.2. The van der Waals surface area contributed by atoms with Crippen LogP contribution in [0.1, 0.15) is 38.3 Å². The number of benzene rings is 1. The molecule has 1 atom stereocenters. The van der Waals surface area contributed by atoms with Crippen molar-refractivity contribution in [3.05, 3.63) is 29.3 Å². The van der Waals surface area contributed by atoms with Crippen LogP contribution in [0.25, 0.3) is 0 Å². The minimum Gasteiger partial charge on any atom is -0.444 e. The van der Waals surface area contributed by atoms with Gasteiger partial charge in [0.15, 0.2) is 0 Å². The van der Waals surface area contributed by atoms with E-state index in [1.165, 1.54) is 5.56 Å². The van der Waals surface area contributed by atoms with Crippen molar-refractivity contribution >= 4 is 17.7 Å². The fourth-order valence-corrected chi connectivity index (χ4v) is 3.10. The molecule has 6 heteroatoms. The van der Waals surface area contributed by atoms with Gasteiger partial charge in [0.05, 0.1) is 12.5 Å². The summed E-state index contributed by atoms with van der Waals surface area (Å²) < 4.78 is 10.7. The molecule has 1 aromatic carbocycles. The number of hydrogen-bond donors (Lipinski definition) is 1. The lowest BCUT2D eigenvalue weighted by molar-refractivity contribution is -0.119. The van der Waals surface area contributed by atoms with Gasteiger partial charge < -0.3 is 19.7 Å². The molecular weight excluding hydrogens is 320 g/mol. The predicted molar refractivity (Wildman–Crippen MR) is 94.3 cm³/mol. The van der Waals surface area contributed by atoms with Crippen molar-refractivity contribution in [3.63, 3.8) is 0 Å². The lowest BCUT2D eigenvalue weighted by Crippen LogP contribution is -2.39. The molecule has 1 fully saturated rings. The maximum atomic E-state index is 12.3. The Bertz CT molecular complexity index is 660. The maximum Gasteiger partial charge on any atom is 0.410 e. The van der Waals surface area contributed by atoms with E-state index in [1.54, 1.807) is 4.90 Å². The number of ether oxygens (including phenoxy) is 2. The van der Waals surface area contributed by atoms with Crippen molar-refractivity contribution in [1.29, 1.82) is 0 Å². The van der Waals surface area contributed by atoms with Crippen molar-refractivity contribution in [3.8, 4) is 0 Å². The second-order valence-corrected chi connectivity index (χ2v) is 7.69. The van der Waals surface area contributed by atoms with E-state index in [0.29, 0.717) is 26.3 Å². The number of carbonyl (C=O) groups excluding carboxylic acids is 2. The molecule has 1 saturated heterocycles. The highest BCUT2D eigenvalue weighted by atomic mass is 16.6. The lowest BCUT2D eigenvalue weighted by Gasteiger charge is -2.31. The first-order valence-electron chi connectivity index (χ1n) is 8.80. The number of fused-ring (bicyclic) bond motifs is 1. The number of nitrogens with one attached hydrogen (secondary N) is 1. The predicted octanol–water partition coefficient (Wildman–Crippen LogP) is 2.95. The zero-order chi connectivity index (χ0) is 18.0. The van der Waals surface area contributed by atoms with Crippen LogP contribution in [0.5, 0.6) is 0 Å². The Morgan fingerprint density at radius 1 is 1.28 bits per heavy atom. The summed E-state index contributed by atoms with van der Waals surface area (Å²) in [6, 6.07) is 5.91. The second-order valence-electron chi connectivity index (χ2n) is 7.69. The minimum atomic E-state index is -0.503. The number of rotatable bonds is 2. The monoisotopic (exact) mass is 346 g/mol. The highest BCUT2D eigenvalue weighted by molar-refractivity contribution is 5.93. The van der Waals surface area contributed by atoms with Gasteiger partial charge in [-0.25, -0.2) is 4.79 Å². The quantitative estimate of drug-likeness (QED) is 0.894. The van der Waals surface area contributed by atoms with Gasteiger partial charge in [0.1, 0.15) is 5.60 Å². The van der Waals surface area contributed by atoms with E-state index < -0.39 is 5.60 Å². The first-order chi connectivity index (χ1) is 11.8. The Labute approximate surface area is 148 Å². The molecule has 2 aliphatic rings. The molecule has 2 amide bonds. The molecule has 3 rings (SSSR count). The van der Waals surface area contributed by atoms with Gasteiger partial charge in [-0.2, -0.15) is 0 Å². The van der Waals surface area contributed by atoms with Gasteiger partial charge in [0, 0.05) is 25.4 Å². The smallest absolute Gasteiger partial charge is 0.410 e. The fraction of sp³-hybridized carbons (Fsp3) is 0.579. The van der Waals surface area contributed by atoms with Crippen LogP contribution in [0.3, 0.4) is 0 Å². The summed E-state index contributed by atoms with van der Waals surface area (Å²) in [5, 5.41) is 2.96. The average molecular weight is 346 g/mol. The van der Waals surface area contributed by atoms with Gasteiger partial charge in [-0.05, 0) is 56.9 Å². The maximum absolute atomic E-state index is 12.3. The lowest BCUT2D eigenvalue weighted by atomic mass is 9.99. The van der Waals surface area contributed by atoms with Crippen LogP contribution < -0.4 is 5.32 Å². The van der Waals surface area contributed by atoms with Crippen molar-refractivity contribution in [2.75, 3.05) is 25.1 Å². The molecule has 0 bridgehead atoms. The molecular formula is C19H26N2O4. The normalized spacial score (nSPS) is 20.1. The zero-order valence-electron chi connectivity index (χ0n) is 15.1. The number of carbonyl (C=O) groups is 2. The number of nitrogens with zero attached hydrogens (tertiary/aromatic N) is 1. The average Bonchev–Trinajstić information content (AvgIpc) is 3.07. The summed E-state index contributed by atoms with van der Waals surface area (Å²) in [5.41, 5.74) is 2.53. The topological polar surface area (TPSA) is 67.9 Å². The number of anilines is 1. The summed E-state index contributed by atoms with van der Waals surface area (Å²) in [7, 11) is 0. The van der Waals surface area contributed by atoms with Gasteiger partial charge in [-0.3, -0.25) is 4.79 Å². The molecule has 1 N–H and O–H groups in total. The van der Waals surface area contributed by atoms with Crippen LogP contribution >= 0.6 is 0 Å². The summed E-state index contributed by atoms with van der Waals surface area (Å²) in [6.07, 6.45) is 1.26. The second kappa shape index (κ2) is 7.04. The van der Waals surface area contributed by atoms with Gasteiger partial charge in [-0.15, -0.1) is 0 Å². The van der Waals surface area contributed by atoms with E-state index >= 15 is 0 Å². The molecule has 6 nitrogen and oxygen atoms in total. The minimum absolute atomic E-state index is 0.00254. The Hall–Kier alpha value is -2.08. The van der Waals surface area contributed by atoms with Crippen LogP contribution in [0.4, 0.5) is 10.5 Å². The van der Waals surface area contributed by atoms with E-state index in [4.69, 9.17) is 9.47 Å². The van der Waals surface area contributed by atoms with Crippen LogP contribution in [0, 0.1) is 5.92 Å². The number of amides is 2. The summed E-state index contributed by atoms with van der Waals surface area (Å²) in [6.45, 7) is 7.87. The summed E-state index contributed by atoms with van der Waals surface area (Å²) >= 11 is 0. The van der Waals surface area contributed by atoms with Crippen LogP contribution in [-0.2, 0) is 27.2 Å². The number of hydrogen-bond acceptors (Lipinski definition) is 4. The molecule has 136 valence electrons. The van der Waals surface area contributed by atoms with Gasteiger partial charge in [-0.1, -0.05) is 6.07 Å². The SMILES string of the molecule is CC(C)(C)OC(=O)N1CCc2ccc(NC(=O)C3CCOC3)cc2C1. The summed E-state index contributed by atoms with van der Waals surface area (Å²) in [5.74, 6) is -0.0773. The van der Waals surface area contributed by atoms with Crippen LogP contribution in [-0.4, -0.2) is 42.3 Å². The molecule has 2 heterocycles. The Morgan fingerprint density at radius 3 is 2.76 bits per heavy atom. The van der Waals surface area contributed by atoms with Crippen molar-refractivity contribution in [2.24, 2.45) is 5.92 Å². The van der Waals surface area contributed by atoms with Gasteiger partial charge >= 0.3 is 6.09 Å². The standard InChI is InChI=1S/C19H26N2O4/c1-19(2,3)25-18(23)21-8-6-13-4-5-16(10-15(13)11-21)20-17(22)14-7-9-24-12-14/h4-5,10,14H,6-9,11-12H2,1-3H3,(H,20,22). The van der Waals surface area contributed by atoms with E-state index in [0.717, 1.165) is 24.1 Å². The van der Waals surface area contributed by atoms with E-state index in [1.807, 2.05) is 39.0 Å². The van der Waals surface area contributed by atoms with E-state index in [9.17, 15) is 9.59 Å². The highest BCUT2D eigenvalue weighted by Gasteiger charge is 2.27. The first kappa shape index (κ1) is 17.7. The van der Waals surface area contributed by atoms with Crippen LogP contribution in [0.2, 0.25) is 0 Å². The van der Waals surface area contributed by atoms with Gasteiger partial charge in [0.25, 0.3) is 0 Å². The van der Waals surface area contributed by atoms with Crippen molar-refractivity contribution in [2.45, 2.75) is 45.8 Å². The molecule has 1 unspecified atom stereocenters. The molecule has 0 aliphatic carbocycles. The molecule has 0 saturated carbocycles. The molecule has 25 heavy (non-hydrogen) atoms. The molecule has 1 aromatic rings. The molecule has 0 aromatic heterocycles. The van der Waals surface area contributed by atoms with Crippen LogP contribution in [0.15, 0.2) is 18.2 Å². The Morgan fingerprint density at radius 2 is 2.08 bits per heavy atom. The first-order valence-corrected chi connectivity index (χ1v) is 8.80. The van der Waals surface area contributed by atoms with E-state index in [2.05, 4.69) is 5.32 Å². The molecule has 2 aliphatic heterocycles. The van der Waals surface area contributed by atoms with Crippen molar-refractivity contribution < 1.29 is 19.1 Å². The fourth-order valence-electron chi connectivity index (χ4n) is 3.10. The molecule has 0 spiro atoms. The van der Waals surface area contributed by atoms with Gasteiger partial charge in [0.2, 0.25) is 5.91 Å². The largest absolute Gasteiger partial charge is 0.444 e. The highest BCUT2D eigenvalue weighted by Crippen LogP contribution is 2.25. The van der Waals surface area contributed by atoms with Crippen molar-refractivity contribution in [1.82, 2.24) is 4.90 Å². The van der Waals surface area contributed by atoms with E-state index in [-0.39, 0.29) is 17.9 Å². The third kappa shape index (κ3) is 4.51. The third-order valence-electron chi connectivity index (χ3n) is 4.44. The zero-order valence-corrected chi connectivity index (χ0v) is 15.1. The third-order valence-corrected chi connectivity index (χ3v) is 4.44. The molecule has 0 radical (unpaired) electrons. The Kier molecular flexibility index (Phi) is 4.99.